The number of anilines is 1. The van der Waals surface area contributed by atoms with Crippen LogP contribution in [0.15, 0.2) is 42.5 Å². The van der Waals surface area contributed by atoms with Crippen molar-refractivity contribution in [2.24, 2.45) is 0 Å². The van der Waals surface area contributed by atoms with Gasteiger partial charge in [-0.3, -0.25) is 9.59 Å². The molecule has 2 amide bonds. The van der Waals surface area contributed by atoms with Gasteiger partial charge in [-0.15, -0.1) is 0 Å². The molecule has 1 aliphatic heterocycles. The number of nitrogens with zero attached hydrogens (tertiary/aromatic N) is 1. The molecule has 0 fully saturated rings. The van der Waals surface area contributed by atoms with Crippen molar-refractivity contribution in [3.05, 3.63) is 53.6 Å². The fourth-order valence-corrected chi connectivity index (χ4v) is 2.79. The van der Waals surface area contributed by atoms with Crippen molar-refractivity contribution in [3.63, 3.8) is 0 Å². The van der Waals surface area contributed by atoms with Gasteiger partial charge in [-0.05, 0) is 43.2 Å². The Morgan fingerprint density at radius 3 is 2.78 bits per heavy atom. The number of carbonyl (C=O) groups is 2. The van der Waals surface area contributed by atoms with Crippen molar-refractivity contribution in [1.29, 1.82) is 0 Å². The van der Waals surface area contributed by atoms with E-state index in [1.54, 1.807) is 11.9 Å². The minimum atomic E-state index is -0.163. The van der Waals surface area contributed by atoms with Gasteiger partial charge < -0.3 is 19.7 Å². The normalized spacial score (nSPS) is 12.6. The van der Waals surface area contributed by atoms with Crippen LogP contribution < -0.4 is 14.8 Å². The van der Waals surface area contributed by atoms with Crippen molar-refractivity contribution in [3.8, 4) is 11.5 Å². The van der Waals surface area contributed by atoms with Crippen LogP contribution in [0.4, 0.5) is 5.69 Å². The van der Waals surface area contributed by atoms with Crippen LogP contribution in [0.1, 0.15) is 17.5 Å². The van der Waals surface area contributed by atoms with Crippen LogP contribution in [-0.4, -0.2) is 43.5 Å². The lowest BCUT2D eigenvalue weighted by Gasteiger charge is -2.19. The number of ether oxygens (including phenoxy) is 2. The fourth-order valence-electron chi connectivity index (χ4n) is 2.79. The standard InChI is InChI=1S/C21H24N2O4/c1-15-3-7-17(8-4-15)26-12-11-23(2)21(25)10-6-16-5-9-19-18(13-16)22-20(24)14-27-19/h3-5,7-9,13H,6,10-12,14H2,1-2H3,(H,22,24). The molecule has 1 heterocycles. The molecule has 0 spiro atoms. The second-order valence-corrected chi connectivity index (χ2v) is 6.64. The van der Waals surface area contributed by atoms with Gasteiger partial charge in [0, 0.05) is 13.5 Å². The van der Waals surface area contributed by atoms with Gasteiger partial charge in [-0.25, -0.2) is 0 Å². The van der Waals surface area contributed by atoms with Gasteiger partial charge in [0.1, 0.15) is 18.1 Å². The molecule has 2 aromatic carbocycles. The number of likely N-dealkylation sites (N-methyl/N-ethyl adjacent to an activating group) is 1. The van der Waals surface area contributed by atoms with Crippen LogP contribution >= 0.6 is 0 Å². The molecule has 0 aromatic heterocycles. The average Bonchev–Trinajstić information content (AvgIpc) is 2.67. The van der Waals surface area contributed by atoms with E-state index >= 15 is 0 Å². The lowest BCUT2D eigenvalue weighted by molar-refractivity contribution is -0.130. The molecule has 0 saturated carbocycles. The summed E-state index contributed by atoms with van der Waals surface area (Å²) in [7, 11) is 1.78. The predicted molar refractivity (Wildman–Crippen MR) is 103 cm³/mol. The van der Waals surface area contributed by atoms with Crippen LogP contribution in [0.25, 0.3) is 0 Å². The van der Waals surface area contributed by atoms with Crippen LogP contribution in [-0.2, 0) is 16.0 Å². The lowest BCUT2D eigenvalue weighted by atomic mass is 10.1. The minimum absolute atomic E-state index is 0.0420. The Labute approximate surface area is 159 Å². The van der Waals surface area contributed by atoms with E-state index in [1.165, 1.54) is 5.56 Å². The zero-order chi connectivity index (χ0) is 19.2. The van der Waals surface area contributed by atoms with E-state index in [-0.39, 0.29) is 18.4 Å². The number of hydrogen-bond donors (Lipinski definition) is 1. The second kappa shape index (κ2) is 8.58. The summed E-state index contributed by atoms with van der Waals surface area (Å²) < 4.78 is 11.0. The molecule has 0 atom stereocenters. The summed E-state index contributed by atoms with van der Waals surface area (Å²) in [5.41, 5.74) is 2.83. The van der Waals surface area contributed by atoms with Crippen molar-refractivity contribution in [1.82, 2.24) is 4.90 Å². The highest BCUT2D eigenvalue weighted by molar-refractivity contribution is 5.95. The number of carbonyl (C=O) groups excluding carboxylic acids is 2. The third-order valence-corrected chi connectivity index (χ3v) is 4.45. The van der Waals surface area contributed by atoms with E-state index in [4.69, 9.17) is 9.47 Å². The maximum atomic E-state index is 12.3. The number of benzene rings is 2. The van der Waals surface area contributed by atoms with Crippen LogP contribution in [0, 0.1) is 6.92 Å². The first-order chi connectivity index (χ1) is 13.0. The Morgan fingerprint density at radius 1 is 1.22 bits per heavy atom. The predicted octanol–water partition coefficient (Wildman–Crippen LogP) is 2.80. The van der Waals surface area contributed by atoms with Crippen LogP contribution in [0.3, 0.4) is 0 Å². The van der Waals surface area contributed by atoms with E-state index in [0.717, 1.165) is 11.3 Å². The summed E-state index contributed by atoms with van der Waals surface area (Å²) in [4.78, 5) is 25.4. The molecular weight excluding hydrogens is 344 g/mol. The van der Waals surface area contributed by atoms with Gasteiger partial charge >= 0.3 is 0 Å². The molecule has 0 unspecified atom stereocenters. The van der Waals surface area contributed by atoms with Crippen molar-refractivity contribution in [2.45, 2.75) is 19.8 Å². The van der Waals surface area contributed by atoms with Crippen molar-refractivity contribution < 1.29 is 19.1 Å². The zero-order valence-corrected chi connectivity index (χ0v) is 15.7. The Hall–Kier alpha value is -3.02. The Kier molecular flexibility index (Phi) is 5.96. The van der Waals surface area contributed by atoms with Gasteiger partial charge in [0.05, 0.1) is 12.2 Å². The molecule has 0 radical (unpaired) electrons. The summed E-state index contributed by atoms with van der Waals surface area (Å²) in [5, 5.41) is 2.78. The van der Waals surface area contributed by atoms with Gasteiger partial charge in [0.15, 0.2) is 6.61 Å². The lowest BCUT2D eigenvalue weighted by Crippen LogP contribution is -2.31. The number of hydrogen-bond acceptors (Lipinski definition) is 4. The van der Waals surface area contributed by atoms with E-state index < -0.39 is 0 Å². The molecule has 6 nitrogen and oxygen atoms in total. The topological polar surface area (TPSA) is 67.9 Å². The Bertz CT molecular complexity index is 817. The smallest absolute Gasteiger partial charge is 0.262 e. The summed E-state index contributed by atoms with van der Waals surface area (Å²) >= 11 is 0. The van der Waals surface area contributed by atoms with Gasteiger partial charge in [0.2, 0.25) is 5.91 Å². The highest BCUT2D eigenvalue weighted by Gasteiger charge is 2.16. The highest BCUT2D eigenvalue weighted by atomic mass is 16.5. The number of amides is 2. The number of nitrogens with one attached hydrogen (secondary N) is 1. The van der Waals surface area contributed by atoms with Crippen molar-refractivity contribution in [2.75, 3.05) is 32.1 Å². The maximum Gasteiger partial charge on any atom is 0.262 e. The van der Waals surface area contributed by atoms with E-state index in [9.17, 15) is 9.59 Å². The monoisotopic (exact) mass is 368 g/mol. The van der Waals surface area contributed by atoms with Gasteiger partial charge in [-0.1, -0.05) is 23.8 Å². The minimum Gasteiger partial charge on any atom is -0.492 e. The second-order valence-electron chi connectivity index (χ2n) is 6.64. The zero-order valence-electron chi connectivity index (χ0n) is 15.7. The van der Waals surface area contributed by atoms with E-state index in [1.807, 2.05) is 49.4 Å². The molecule has 1 aliphatic rings. The quantitative estimate of drug-likeness (QED) is 0.816. The Balaban J connectivity index is 1.44. The van der Waals surface area contributed by atoms with Crippen LogP contribution in [0.2, 0.25) is 0 Å². The first kappa shape index (κ1) is 18.8. The van der Waals surface area contributed by atoms with E-state index in [0.29, 0.717) is 37.4 Å². The molecule has 0 bridgehead atoms. The van der Waals surface area contributed by atoms with E-state index in [2.05, 4.69) is 5.32 Å². The molecular formula is C21H24N2O4. The van der Waals surface area contributed by atoms with Crippen molar-refractivity contribution >= 4 is 17.5 Å². The Morgan fingerprint density at radius 2 is 2.00 bits per heavy atom. The summed E-state index contributed by atoms with van der Waals surface area (Å²) in [6.45, 7) is 3.05. The number of rotatable bonds is 7. The highest BCUT2D eigenvalue weighted by Crippen LogP contribution is 2.28. The SMILES string of the molecule is Cc1ccc(OCCN(C)C(=O)CCc2ccc3c(c2)NC(=O)CO3)cc1. The third-order valence-electron chi connectivity index (χ3n) is 4.45. The summed E-state index contributed by atoms with van der Waals surface area (Å²) in [6, 6.07) is 13.5. The summed E-state index contributed by atoms with van der Waals surface area (Å²) in [5.74, 6) is 1.36. The first-order valence-electron chi connectivity index (χ1n) is 9.00. The molecule has 1 N–H and O–H groups in total. The number of aryl methyl sites for hydroxylation is 2. The van der Waals surface area contributed by atoms with Crippen LogP contribution in [0.5, 0.6) is 11.5 Å². The third kappa shape index (κ3) is 5.23. The summed E-state index contributed by atoms with van der Waals surface area (Å²) in [6.07, 6.45) is 1.000. The fraction of sp³-hybridized carbons (Fsp3) is 0.333. The molecule has 2 aromatic rings. The number of fused-ring (bicyclic) bond motifs is 1. The van der Waals surface area contributed by atoms with Gasteiger partial charge in [-0.2, -0.15) is 0 Å². The molecule has 27 heavy (non-hydrogen) atoms. The molecule has 6 heteroatoms. The molecule has 0 aliphatic carbocycles. The maximum absolute atomic E-state index is 12.3. The first-order valence-corrected chi connectivity index (χ1v) is 9.00. The largest absolute Gasteiger partial charge is 0.492 e. The average molecular weight is 368 g/mol. The molecule has 3 rings (SSSR count). The molecule has 0 saturated heterocycles. The van der Waals surface area contributed by atoms with Gasteiger partial charge in [0.25, 0.3) is 5.91 Å². The molecule has 142 valence electrons.